The van der Waals surface area contributed by atoms with Crippen LogP contribution >= 0.6 is 39.3 Å². The molecule has 1 saturated heterocycles. The number of hydrogen-bond acceptors (Lipinski definition) is 1. The lowest BCUT2D eigenvalue weighted by atomic mass is 9.98. The number of hydrogen-bond donors (Lipinski definition) is 0. The van der Waals surface area contributed by atoms with Gasteiger partial charge in [-0.15, -0.1) is 11.6 Å². The summed E-state index contributed by atoms with van der Waals surface area (Å²) in [4.78, 5) is 0. The SMILES string of the molecule is Fc1ccc(Br)c(F)c1CC1CSCC1Cl. The zero-order valence-corrected chi connectivity index (χ0v) is 11.5. The number of rotatable bonds is 2. The van der Waals surface area contributed by atoms with Crippen molar-refractivity contribution >= 4 is 39.3 Å². The van der Waals surface area contributed by atoms with Gasteiger partial charge in [0.25, 0.3) is 0 Å². The number of benzene rings is 1. The van der Waals surface area contributed by atoms with Gasteiger partial charge in [0.15, 0.2) is 0 Å². The summed E-state index contributed by atoms with van der Waals surface area (Å²) in [5, 5.41) is 0.0165. The van der Waals surface area contributed by atoms with E-state index in [2.05, 4.69) is 15.9 Å². The number of thioether (sulfide) groups is 1. The fourth-order valence-corrected chi connectivity index (χ4v) is 3.99. The molecule has 2 unspecified atom stereocenters. The Morgan fingerprint density at radius 1 is 1.38 bits per heavy atom. The fraction of sp³-hybridized carbons (Fsp3) is 0.455. The minimum atomic E-state index is -0.499. The maximum Gasteiger partial charge on any atom is 0.143 e. The van der Waals surface area contributed by atoms with Crippen molar-refractivity contribution in [1.29, 1.82) is 0 Å². The second kappa shape index (κ2) is 5.23. The summed E-state index contributed by atoms with van der Waals surface area (Å²) in [7, 11) is 0. The Balaban J connectivity index is 2.23. The van der Waals surface area contributed by atoms with Gasteiger partial charge in [-0.05, 0) is 46.2 Å². The molecule has 1 fully saturated rings. The highest BCUT2D eigenvalue weighted by Crippen LogP contribution is 2.33. The number of halogens is 4. The molecule has 0 aromatic heterocycles. The summed E-state index contributed by atoms with van der Waals surface area (Å²) in [6.45, 7) is 0. The van der Waals surface area contributed by atoms with Crippen molar-refractivity contribution in [3.05, 3.63) is 33.8 Å². The minimum Gasteiger partial charge on any atom is -0.207 e. The van der Waals surface area contributed by atoms with Gasteiger partial charge >= 0.3 is 0 Å². The summed E-state index contributed by atoms with van der Waals surface area (Å²) >= 11 is 10.9. The molecule has 1 aliphatic heterocycles. The van der Waals surface area contributed by atoms with Crippen LogP contribution in [0.2, 0.25) is 0 Å². The van der Waals surface area contributed by atoms with Gasteiger partial charge < -0.3 is 0 Å². The largest absolute Gasteiger partial charge is 0.207 e. The van der Waals surface area contributed by atoms with Crippen molar-refractivity contribution < 1.29 is 8.78 Å². The molecule has 88 valence electrons. The standard InChI is InChI=1S/C11H10BrClF2S/c12-8-1-2-10(14)7(11(8)15)3-6-4-16-5-9(6)13/h1-2,6,9H,3-5H2. The van der Waals surface area contributed by atoms with E-state index in [9.17, 15) is 8.78 Å². The van der Waals surface area contributed by atoms with Gasteiger partial charge in [0.1, 0.15) is 11.6 Å². The zero-order valence-electron chi connectivity index (χ0n) is 8.35. The van der Waals surface area contributed by atoms with Gasteiger partial charge in [-0.3, -0.25) is 0 Å². The van der Waals surface area contributed by atoms with E-state index in [1.54, 1.807) is 11.8 Å². The smallest absolute Gasteiger partial charge is 0.143 e. The predicted molar refractivity (Wildman–Crippen MR) is 68.2 cm³/mol. The molecule has 1 heterocycles. The summed E-state index contributed by atoms with van der Waals surface area (Å²) in [5.41, 5.74) is 0.146. The molecule has 0 spiro atoms. The average molecular weight is 328 g/mol. The second-order valence-electron chi connectivity index (χ2n) is 3.84. The first-order valence-electron chi connectivity index (χ1n) is 4.93. The van der Waals surface area contributed by atoms with Crippen molar-refractivity contribution in [2.45, 2.75) is 11.8 Å². The molecular weight excluding hydrogens is 318 g/mol. The van der Waals surface area contributed by atoms with E-state index in [1.807, 2.05) is 0 Å². The summed E-state index contributed by atoms with van der Waals surface area (Å²) in [6.07, 6.45) is 0.373. The van der Waals surface area contributed by atoms with Crippen molar-refractivity contribution in [3.8, 4) is 0 Å². The van der Waals surface area contributed by atoms with E-state index in [0.29, 0.717) is 10.9 Å². The molecule has 1 aromatic carbocycles. The Morgan fingerprint density at radius 2 is 2.12 bits per heavy atom. The second-order valence-corrected chi connectivity index (χ2v) is 6.33. The first-order chi connectivity index (χ1) is 7.59. The highest BCUT2D eigenvalue weighted by Gasteiger charge is 2.28. The topological polar surface area (TPSA) is 0 Å². The summed E-state index contributed by atoms with van der Waals surface area (Å²) in [6, 6.07) is 2.67. The molecule has 0 bridgehead atoms. The zero-order chi connectivity index (χ0) is 11.7. The predicted octanol–water partition coefficient (Wildman–Crippen LogP) is 4.24. The van der Waals surface area contributed by atoms with Crippen LogP contribution in [0.1, 0.15) is 5.56 Å². The highest BCUT2D eigenvalue weighted by atomic mass is 79.9. The van der Waals surface area contributed by atoms with Gasteiger partial charge in [0.05, 0.1) is 4.47 Å². The highest BCUT2D eigenvalue weighted by molar-refractivity contribution is 9.10. The van der Waals surface area contributed by atoms with Gasteiger partial charge in [0, 0.05) is 16.7 Å². The Labute approximate surface area is 111 Å². The maximum absolute atomic E-state index is 13.7. The molecule has 0 amide bonds. The van der Waals surface area contributed by atoms with E-state index >= 15 is 0 Å². The van der Waals surface area contributed by atoms with Gasteiger partial charge in [-0.25, -0.2) is 8.78 Å². The quantitative estimate of drug-likeness (QED) is 0.578. The van der Waals surface area contributed by atoms with Crippen LogP contribution in [0.25, 0.3) is 0 Å². The fourth-order valence-electron chi connectivity index (χ4n) is 1.78. The molecule has 16 heavy (non-hydrogen) atoms. The van der Waals surface area contributed by atoms with Crippen molar-refractivity contribution in [2.75, 3.05) is 11.5 Å². The van der Waals surface area contributed by atoms with Crippen molar-refractivity contribution in [3.63, 3.8) is 0 Å². The van der Waals surface area contributed by atoms with Crippen LogP contribution in [-0.2, 0) is 6.42 Å². The molecule has 5 heteroatoms. The van der Waals surface area contributed by atoms with E-state index < -0.39 is 11.6 Å². The molecule has 0 N–H and O–H groups in total. The molecule has 2 rings (SSSR count). The molecule has 0 aliphatic carbocycles. The van der Waals surface area contributed by atoms with E-state index in [0.717, 1.165) is 11.5 Å². The maximum atomic E-state index is 13.7. The Bertz CT molecular complexity index is 400. The first-order valence-corrected chi connectivity index (χ1v) is 7.32. The Hall–Kier alpha value is 0.200. The lowest BCUT2D eigenvalue weighted by molar-refractivity contribution is 0.512. The van der Waals surface area contributed by atoms with Crippen LogP contribution in [0.5, 0.6) is 0 Å². The monoisotopic (exact) mass is 326 g/mol. The van der Waals surface area contributed by atoms with Crippen LogP contribution in [0.3, 0.4) is 0 Å². The van der Waals surface area contributed by atoms with E-state index in [1.165, 1.54) is 12.1 Å². The van der Waals surface area contributed by atoms with Crippen LogP contribution in [0.4, 0.5) is 8.78 Å². The van der Waals surface area contributed by atoms with E-state index in [4.69, 9.17) is 11.6 Å². The normalized spacial score (nSPS) is 25.0. The molecule has 0 saturated carbocycles. The minimum absolute atomic E-state index is 0.0165. The lowest BCUT2D eigenvalue weighted by Gasteiger charge is -2.14. The molecule has 0 radical (unpaired) electrons. The summed E-state index contributed by atoms with van der Waals surface area (Å²) < 4.78 is 27.5. The third-order valence-electron chi connectivity index (χ3n) is 2.73. The van der Waals surface area contributed by atoms with Crippen molar-refractivity contribution in [1.82, 2.24) is 0 Å². The third kappa shape index (κ3) is 2.54. The molecular formula is C11H10BrClF2S. The van der Waals surface area contributed by atoms with Gasteiger partial charge in [0.2, 0.25) is 0 Å². The van der Waals surface area contributed by atoms with Crippen LogP contribution in [-0.4, -0.2) is 16.9 Å². The average Bonchev–Trinajstić information content (AvgIpc) is 2.65. The molecule has 2 atom stereocenters. The van der Waals surface area contributed by atoms with Crippen LogP contribution in [0.15, 0.2) is 16.6 Å². The van der Waals surface area contributed by atoms with Crippen LogP contribution < -0.4 is 0 Å². The first kappa shape index (κ1) is 12.7. The summed E-state index contributed by atoms with van der Waals surface area (Å²) in [5.74, 6) is 0.912. The van der Waals surface area contributed by atoms with Gasteiger partial charge in [-0.2, -0.15) is 11.8 Å². The molecule has 1 aliphatic rings. The van der Waals surface area contributed by atoms with Crippen LogP contribution in [0, 0.1) is 17.6 Å². The molecule has 0 nitrogen and oxygen atoms in total. The van der Waals surface area contributed by atoms with Crippen molar-refractivity contribution in [2.24, 2.45) is 5.92 Å². The lowest BCUT2D eigenvalue weighted by Crippen LogP contribution is -2.16. The third-order valence-corrected chi connectivity index (χ3v) is 5.29. The molecule has 1 aromatic rings. The Morgan fingerprint density at radius 3 is 2.75 bits per heavy atom. The van der Waals surface area contributed by atoms with E-state index in [-0.39, 0.29) is 16.9 Å². The van der Waals surface area contributed by atoms with Gasteiger partial charge in [-0.1, -0.05) is 0 Å². The number of alkyl halides is 1. The Kier molecular flexibility index (Phi) is 4.14.